The summed E-state index contributed by atoms with van der Waals surface area (Å²) in [5.74, 6) is 1.29. The number of ether oxygens (including phenoxy) is 2. The standard InChI is InChI=1S/C20H26N6O3/c1-14(2)29-20(27)25(4)12-11-24(3)17-8-10-26-18(23-17)16(13-22-26)15-7-6-9-21-19(15)28-5/h6-10,13-14H,11-12H2,1-5H3. The molecule has 0 spiro atoms. The lowest BCUT2D eigenvalue weighted by atomic mass is 10.1. The fraction of sp³-hybridized carbons (Fsp3) is 0.400. The highest BCUT2D eigenvalue weighted by molar-refractivity contribution is 5.80. The predicted octanol–water partition coefficient (Wildman–Crippen LogP) is 2.71. The van der Waals surface area contributed by atoms with Crippen molar-refractivity contribution in [2.45, 2.75) is 20.0 Å². The van der Waals surface area contributed by atoms with Crippen LogP contribution in [0.15, 0.2) is 36.8 Å². The van der Waals surface area contributed by atoms with Crippen LogP contribution in [0.25, 0.3) is 16.8 Å². The van der Waals surface area contributed by atoms with Gasteiger partial charge in [-0.1, -0.05) is 0 Å². The largest absolute Gasteiger partial charge is 0.481 e. The molecule has 0 aliphatic rings. The Kier molecular flexibility index (Phi) is 6.16. The number of carbonyl (C=O) groups is 1. The van der Waals surface area contributed by atoms with Gasteiger partial charge in [0.25, 0.3) is 0 Å². The van der Waals surface area contributed by atoms with Crippen molar-refractivity contribution in [1.82, 2.24) is 24.5 Å². The van der Waals surface area contributed by atoms with Crippen LogP contribution in [0.3, 0.4) is 0 Å². The van der Waals surface area contributed by atoms with E-state index in [0.29, 0.717) is 24.6 Å². The van der Waals surface area contributed by atoms with Crippen molar-refractivity contribution in [3.63, 3.8) is 0 Å². The third kappa shape index (κ3) is 4.56. The minimum absolute atomic E-state index is 0.142. The number of hydrogen-bond acceptors (Lipinski definition) is 7. The van der Waals surface area contributed by atoms with Crippen LogP contribution in [0.5, 0.6) is 5.88 Å². The number of rotatable bonds is 7. The molecule has 0 N–H and O–H groups in total. The van der Waals surface area contributed by atoms with E-state index >= 15 is 0 Å². The number of carbonyl (C=O) groups excluding carboxylic acids is 1. The molecule has 0 atom stereocenters. The van der Waals surface area contributed by atoms with Gasteiger partial charge in [0.15, 0.2) is 5.65 Å². The first-order chi connectivity index (χ1) is 13.9. The molecule has 0 radical (unpaired) electrons. The number of methoxy groups -OCH3 is 1. The quantitative estimate of drug-likeness (QED) is 0.605. The van der Waals surface area contributed by atoms with Gasteiger partial charge >= 0.3 is 6.09 Å². The summed E-state index contributed by atoms with van der Waals surface area (Å²) in [5, 5.41) is 4.38. The zero-order valence-corrected chi connectivity index (χ0v) is 17.4. The first-order valence-electron chi connectivity index (χ1n) is 9.37. The summed E-state index contributed by atoms with van der Waals surface area (Å²) in [7, 11) is 5.24. The molecule has 0 fully saturated rings. The third-order valence-corrected chi connectivity index (χ3v) is 4.42. The van der Waals surface area contributed by atoms with E-state index in [-0.39, 0.29) is 12.2 Å². The highest BCUT2D eigenvalue weighted by Gasteiger charge is 2.16. The molecule has 3 heterocycles. The lowest BCUT2D eigenvalue weighted by Crippen LogP contribution is -2.36. The molecule has 3 rings (SSSR count). The Labute approximate surface area is 169 Å². The van der Waals surface area contributed by atoms with Crippen LogP contribution in [-0.4, -0.2) is 71.0 Å². The number of aromatic nitrogens is 4. The molecule has 3 aromatic heterocycles. The summed E-state index contributed by atoms with van der Waals surface area (Å²) < 4.78 is 12.3. The van der Waals surface area contributed by atoms with Crippen LogP contribution in [-0.2, 0) is 4.74 Å². The normalized spacial score (nSPS) is 11.0. The number of pyridine rings is 1. The van der Waals surface area contributed by atoms with Crippen LogP contribution in [0.4, 0.5) is 10.6 Å². The van der Waals surface area contributed by atoms with Crippen molar-refractivity contribution in [3.8, 4) is 17.0 Å². The summed E-state index contributed by atoms with van der Waals surface area (Å²) in [5.41, 5.74) is 2.37. The molecular weight excluding hydrogens is 372 g/mol. The van der Waals surface area contributed by atoms with Gasteiger partial charge in [-0.3, -0.25) is 0 Å². The maximum atomic E-state index is 11.9. The highest BCUT2D eigenvalue weighted by atomic mass is 16.6. The second-order valence-electron chi connectivity index (χ2n) is 6.95. The minimum Gasteiger partial charge on any atom is -0.481 e. The SMILES string of the molecule is COc1ncccc1-c1cnn2ccc(N(C)CCN(C)C(=O)OC(C)C)nc12. The average Bonchev–Trinajstić information content (AvgIpc) is 3.14. The summed E-state index contributed by atoms with van der Waals surface area (Å²) in [6.07, 6.45) is 4.81. The van der Waals surface area contributed by atoms with Gasteiger partial charge in [-0.2, -0.15) is 5.10 Å². The Hall–Kier alpha value is -3.36. The van der Waals surface area contributed by atoms with Crippen LogP contribution in [0, 0.1) is 0 Å². The number of hydrogen-bond donors (Lipinski definition) is 0. The topological polar surface area (TPSA) is 85.1 Å². The fourth-order valence-corrected chi connectivity index (χ4v) is 2.82. The van der Waals surface area contributed by atoms with E-state index in [2.05, 4.69) is 10.1 Å². The molecule has 0 unspecified atom stereocenters. The van der Waals surface area contributed by atoms with Crippen LogP contribution < -0.4 is 9.64 Å². The molecule has 154 valence electrons. The Morgan fingerprint density at radius 1 is 1.21 bits per heavy atom. The van der Waals surface area contributed by atoms with Crippen molar-refractivity contribution < 1.29 is 14.3 Å². The second-order valence-corrected chi connectivity index (χ2v) is 6.95. The molecule has 29 heavy (non-hydrogen) atoms. The number of anilines is 1. The maximum Gasteiger partial charge on any atom is 0.409 e. The molecule has 9 nitrogen and oxygen atoms in total. The van der Waals surface area contributed by atoms with E-state index in [0.717, 1.165) is 16.9 Å². The zero-order valence-electron chi connectivity index (χ0n) is 17.4. The van der Waals surface area contributed by atoms with Gasteiger partial charge < -0.3 is 19.3 Å². The molecular formula is C20H26N6O3. The molecule has 0 saturated carbocycles. The number of amides is 1. The monoisotopic (exact) mass is 398 g/mol. The smallest absolute Gasteiger partial charge is 0.409 e. The van der Waals surface area contributed by atoms with E-state index in [1.54, 1.807) is 36.0 Å². The predicted molar refractivity (Wildman–Crippen MR) is 110 cm³/mol. The first-order valence-corrected chi connectivity index (χ1v) is 9.37. The number of likely N-dealkylation sites (N-methyl/N-ethyl adjacent to an activating group) is 2. The van der Waals surface area contributed by atoms with E-state index in [1.165, 1.54) is 0 Å². The molecule has 1 amide bonds. The van der Waals surface area contributed by atoms with Gasteiger partial charge in [0.1, 0.15) is 5.82 Å². The Bertz CT molecular complexity index is 987. The Morgan fingerprint density at radius 2 is 2.00 bits per heavy atom. The van der Waals surface area contributed by atoms with E-state index < -0.39 is 0 Å². The van der Waals surface area contributed by atoms with E-state index in [4.69, 9.17) is 14.5 Å². The van der Waals surface area contributed by atoms with E-state index in [1.807, 2.05) is 50.2 Å². The molecule has 0 aromatic carbocycles. The van der Waals surface area contributed by atoms with Crippen LogP contribution >= 0.6 is 0 Å². The summed E-state index contributed by atoms with van der Waals surface area (Å²) in [4.78, 5) is 24.5. The van der Waals surface area contributed by atoms with Crippen molar-refractivity contribution in [2.75, 3.05) is 39.2 Å². The second kappa shape index (κ2) is 8.76. The number of nitrogens with zero attached hydrogens (tertiary/aromatic N) is 6. The number of fused-ring (bicyclic) bond motifs is 1. The third-order valence-electron chi connectivity index (χ3n) is 4.42. The van der Waals surface area contributed by atoms with Crippen molar-refractivity contribution in [1.29, 1.82) is 0 Å². The van der Waals surface area contributed by atoms with Gasteiger partial charge in [-0.15, -0.1) is 0 Å². The highest BCUT2D eigenvalue weighted by Crippen LogP contribution is 2.30. The fourth-order valence-electron chi connectivity index (χ4n) is 2.82. The lowest BCUT2D eigenvalue weighted by Gasteiger charge is -2.23. The van der Waals surface area contributed by atoms with Crippen molar-refractivity contribution in [3.05, 3.63) is 36.8 Å². The van der Waals surface area contributed by atoms with E-state index in [9.17, 15) is 4.79 Å². The van der Waals surface area contributed by atoms with Crippen molar-refractivity contribution >= 4 is 17.6 Å². The minimum atomic E-state index is -0.335. The lowest BCUT2D eigenvalue weighted by molar-refractivity contribution is 0.0848. The first kappa shape index (κ1) is 20.4. The zero-order chi connectivity index (χ0) is 21.0. The van der Waals surface area contributed by atoms with Gasteiger partial charge in [0.2, 0.25) is 5.88 Å². The Balaban J connectivity index is 1.79. The molecule has 9 heteroatoms. The van der Waals surface area contributed by atoms with Crippen LogP contribution in [0.2, 0.25) is 0 Å². The molecule has 0 aliphatic heterocycles. The molecule has 0 saturated heterocycles. The van der Waals surface area contributed by atoms with Gasteiger partial charge in [0.05, 0.1) is 25.0 Å². The summed E-state index contributed by atoms with van der Waals surface area (Å²) >= 11 is 0. The van der Waals surface area contributed by atoms with Crippen LogP contribution in [0.1, 0.15) is 13.8 Å². The van der Waals surface area contributed by atoms with Gasteiger partial charge in [0, 0.05) is 45.1 Å². The molecule has 0 bridgehead atoms. The maximum absolute atomic E-state index is 11.9. The molecule has 0 aliphatic carbocycles. The molecule has 3 aromatic rings. The van der Waals surface area contributed by atoms with Crippen molar-refractivity contribution in [2.24, 2.45) is 0 Å². The summed E-state index contributed by atoms with van der Waals surface area (Å²) in [6, 6.07) is 5.66. The van der Waals surface area contributed by atoms with Gasteiger partial charge in [-0.05, 0) is 32.0 Å². The average molecular weight is 398 g/mol. The summed E-state index contributed by atoms with van der Waals surface area (Å²) in [6.45, 7) is 4.78. The van der Waals surface area contributed by atoms with Gasteiger partial charge in [-0.25, -0.2) is 19.3 Å². The Morgan fingerprint density at radius 3 is 2.72 bits per heavy atom.